The van der Waals surface area contributed by atoms with Crippen LogP contribution < -0.4 is 11.5 Å². The van der Waals surface area contributed by atoms with Crippen molar-refractivity contribution in [2.24, 2.45) is 0 Å². The van der Waals surface area contributed by atoms with Gasteiger partial charge in [0.15, 0.2) is 0 Å². The van der Waals surface area contributed by atoms with E-state index in [0.717, 1.165) is 0 Å². The second-order valence-electron chi connectivity index (χ2n) is 3.99. The number of benzene rings is 1. The van der Waals surface area contributed by atoms with Gasteiger partial charge in [-0.15, -0.1) is 0 Å². The minimum absolute atomic E-state index is 0.0213. The molecule has 0 atom stereocenters. The maximum Gasteiger partial charge on any atom is 0.303 e. The molecule has 0 heterocycles. The molecule has 1 rings (SSSR count). The predicted octanol–water partition coefficient (Wildman–Crippen LogP) is 0.885. The Labute approximate surface area is 104 Å². The first-order valence-electron chi connectivity index (χ1n) is 5.51. The SMILES string of the molecule is Nc1ccc(CCC(=O)O)c(N)c1CCC(=O)O. The number of aryl methyl sites for hydroxylation is 1. The number of nitrogens with two attached hydrogens (primary N) is 2. The summed E-state index contributed by atoms with van der Waals surface area (Å²) in [5.74, 6) is -1.83. The molecule has 0 aliphatic rings. The largest absolute Gasteiger partial charge is 0.481 e. The van der Waals surface area contributed by atoms with E-state index >= 15 is 0 Å². The summed E-state index contributed by atoms with van der Waals surface area (Å²) in [6.45, 7) is 0. The zero-order chi connectivity index (χ0) is 13.7. The van der Waals surface area contributed by atoms with E-state index in [2.05, 4.69) is 0 Å². The van der Waals surface area contributed by atoms with Gasteiger partial charge in [0.05, 0.1) is 0 Å². The molecule has 18 heavy (non-hydrogen) atoms. The van der Waals surface area contributed by atoms with Crippen LogP contribution in [0.5, 0.6) is 0 Å². The third-order valence-corrected chi connectivity index (χ3v) is 2.68. The number of anilines is 2. The zero-order valence-corrected chi connectivity index (χ0v) is 9.85. The first-order chi connectivity index (χ1) is 8.41. The average molecular weight is 252 g/mol. The Bertz CT molecular complexity index is 471. The third kappa shape index (κ3) is 3.65. The van der Waals surface area contributed by atoms with Crippen molar-refractivity contribution in [1.29, 1.82) is 0 Å². The molecule has 1 aromatic carbocycles. The molecule has 1 aromatic rings. The summed E-state index contributed by atoms with van der Waals surface area (Å²) in [5, 5.41) is 17.3. The highest BCUT2D eigenvalue weighted by Gasteiger charge is 2.11. The van der Waals surface area contributed by atoms with Gasteiger partial charge in [0.25, 0.3) is 0 Å². The quantitative estimate of drug-likeness (QED) is 0.557. The molecule has 6 heteroatoms. The van der Waals surface area contributed by atoms with E-state index in [1.165, 1.54) is 0 Å². The molecule has 0 saturated heterocycles. The zero-order valence-electron chi connectivity index (χ0n) is 9.85. The second-order valence-corrected chi connectivity index (χ2v) is 3.99. The van der Waals surface area contributed by atoms with Crippen molar-refractivity contribution in [3.05, 3.63) is 23.3 Å². The topological polar surface area (TPSA) is 127 Å². The van der Waals surface area contributed by atoms with Crippen molar-refractivity contribution in [3.8, 4) is 0 Å². The lowest BCUT2D eigenvalue weighted by Gasteiger charge is -2.12. The molecule has 0 aliphatic carbocycles. The van der Waals surface area contributed by atoms with Crippen LogP contribution in [-0.4, -0.2) is 22.2 Å². The first kappa shape index (κ1) is 13.8. The average Bonchev–Trinajstić information content (AvgIpc) is 2.27. The van der Waals surface area contributed by atoms with E-state index in [9.17, 15) is 9.59 Å². The number of hydrogen-bond acceptors (Lipinski definition) is 4. The standard InChI is InChI=1S/C12H16N2O4/c13-9-4-1-7(2-5-10(15)16)12(14)8(9)3-6-11(17)18/h1,4H,2-3,5-6,13-14H2,(H,15,16)(H,17,18). The van der Waals surface area contributed by atoms with E-state index in [-0.39, 0.29) is 19.3 Å². The maximum absolute atomic E-state index is 10.5. The summed E-state index contributed by atoms with van der Waals surface area (Å²) in [5.41, 5.74) is 13.7. The summed E-state index contributed by atoms with van der Waals surface area (Å²) in [6.07, 6.45) is 0.471. The molecule has 6 N–H and O–H groups in total. The van der Waals surface area contributed by atoms with Gasteiger partial charge >= 0.3 is 11.9 Å². The number of rotatable bonds is 6. The van der Waals surface area contributed by atoms with E-state index in [1.807, 2.05) is 0 Å². The third-order valence-electron chi connectivity index (χ3n) is 2.68. The number of aliphatic carboxylic acids is 2. The minimum Gasteiger partial charge on any atom is -0.481 e. The van der Waals surface area contributed by atoms with Crippen LogP contribution in [0.2, 0.25) is 0 Å². The van der Waals surface area contributed by atoms with Gasteiger partial charge in [-0.1, -0.05) is 6.07 Å². The number of carboxylic acids is 2. The van der Waals surface area contributed by atoms with E-state index < -0.39 is 11.9 Å². The summed E-state index contributed by atoms with van der Waals surface area (Å²) in [7, 11) is 0. The van der Waals surface area contributed by atoms with Crippen LogP contribution >= 0.6 is 0 Å². The van der Waals surface area contributed by atoms with Crippen LogP contribution in [0.15, 0.2) is 12.1 Å². The Balaban J connectivity index is 2.91. The lowest BCUT2D eigenvalue weighted by atomic mass is 9.98. The first-order valence-corrected chi connectivity index (χ1v) is 5.51. The number of hydrogen-bond donors (Lipinski definition) is 4. The number of carboxylic acid groups (broad SMARTS) is 2. The molecule has 6 nitrogen and oxygen atoms in total. The lowest BCUT2D eigenvalue weighted by molar-refractivity contribution is -0.137. The Hall–Kier alpha value is -2.24. The van der Waals surface area contributed by atoms with E-state index in [1.54, 1.807) is 12.1 Å². The van der Waals surface area contributed by atoms with Crippen molar-refractivity contribution in [1.82, 2.24) is 0 Å². The van der Waals surface area contributed by atoms with Crippen LogP contribution in [0.1, 0.15) is 24.0 Å². The fourth-order valence-electron chi connectivity index (χ4n) is 1.70. The van der Waals surface area contributed by atoms with Crippen LogP contribution in [0, 0.1) is 0 Å². The normalized spacial score (nSPS) is 10.2. The Morgan fingerprint density at radius 1 is 1.00 bits per heavy atom. The van der Waals surface area contributed by atoms with Crippen molar-refractivity contribution in [3.63, 3.8) is 0 Å². The molecule has 0 amide bonds. The monoisotopic (exact) mass is 252 g/mol. The van der Waals surface area contributed by atoms with E-state index in [0.29, 0.717) is 28.9 Å². The fourth-order valence-corrected chi connectivity index (χ4v) is 1.70. The van der Waals surface area contributed by atoms with Gasteiger partial charge in [-0.3, -0.25) is 9.59 Å². The summed E-state index contributed by atoms with van der Waals surface area (Å²) in [6, 6.07) is 3.31. The molecule has 0 saturated carbocycles. The van der Waals surface area contributed by atoms with Gasteiger partial charge < -0.3 is 21.7 Å². The minimum atomic E-state index is -0.926. The fraction of sp³-hybridized carbons (Fsp3) is 0.333. The van der Waals surface area contributed by atoms with Gasteiger partial charge in [0, 0.05) is 24.2 Å². The Morgan fingerprint density at radius 2 is 1.56 bits per heavy atom. The highest BCUT2D eigenvalue weighted by atomic mass is 16.4. The summed E-state index contributed by atoms with van der Waals surface area (Å²) in [4.78, 5) is 21.0. The molecular formula is C12H16N2O4. The highest BCUT2D eigenvalue weighted by Crippen LogP contribution is 2.26. The van der Waals surface area contributed by atoms with Gasteiger partial charge in [0.2, 0.25) is 0 Å². The van der Waals surface area contributed by atoms with Gasteiger partial charge in [-0.2, -0.15) is 0 Å². The number of carbonyl (C=O) groups is 2. The molecule has 0 radical (unpaired) electrons. The number of nitrogen functional groups attached to an aromatic ring is 2. The predicted molar refractivity (Wildman–Crippen MR) is 67.2 cm³/mol. The van der Waals surface area contributed by atoms with Crippen LogP contribution in [-0.2, 0) is 22.4 Å². The molecule has 0 aliphatic heterocycles. The smallest absolute Gasteiger partial charge is 0.303 e. The van der Waals surface area contributed by atoms with Crippen LogP contribution in [0.3, 0.4) is 0 Å². The van der Waals surface area contributed by atoms with Crippen molar-refractivity contribution >= 4 is 23.3 Å². The van der Waals surface area contributed by atoms with Crippen LogP contribution in [0.25, 0.3) is 0 Å². The van der Waals surface area contributed by atoms with Crippen molar-refractivity contribution in [2.45, 2.75) is 25.7 Å². The molecule has 0 bridgehead atoms. The summed E-state index contributed by atoms with van der Waals surface area (Å²) < 4.78 is 0. The van der Waals surface area contributed by atoms with Gasteiger partial charge in [-0.25, -0.2) is 0 Å². The summed E-state index contributed by atoms with van der Waals surface area (Å²) >= 11 is 0. The Kier molecular flexibility index (Phi) is 4.53. The van der Waals surface area contributed by atoms with Crippen molar-refractivity contribution < 1.29 is 19.8 Å². The molecular weight excluding hydrogens is 236 g/mol. The van der Waals surface area contributed by atoms with Crippen LogP contribution in [0.4, 0.5) is 11.4 Å². The Morgan fingerprint density at radius 3 is 2.11 bits per heavy atom. The lowest BCUT2D eigenvalue weighted by Crippen LogP contribution is -2.08. The highest BCUT2D eigenvalue weighted by molar-refractivity contribution is 5.72. The van der Waals surface area contributed by atoms with E-state index in [4.69, 9.17) is 21.7 Å². The van der Waals surface area contributed by atoms with Crippen molar-refractivity contribution in [2.75, 3.05) is 11.5 Å². The second kappa shape index (κ2) is 5.90. The maximum atomic E-state index is 10.5. The molecule has 0 unspecified atom stereocenters. The van der Waals surface area contributed by atoms with Gasteiger partial charge in [0.1, 0.15) is 0 Å². The molecule has 0 spiro atoms. The molecule has 0 aromatic heterocycles. The van der Waals surface area contributed by atoms with Gasteiger partial charge in [-0.05, 0) is 30.0 Å². The molecule has 98 valence electrons. The molecule has 0 fully saturated rings.